The van der Waals surface area contributed by atoms with Gasteiger partial charge in [0.1, 0.15) is 0 Å². The molecular weight excluding hydrogens is 244 g/mol. The number of esters is 1. The molecule has 4 heteroatoms. The third-order valence-corrected chi connectivity index (χ3v) is 2.64. The van der Waals surface area contributed by atoms with Crippen LogP contribution in [0.1, 0.15) is 36.7 Å². The molecule has 0 heterocycles. The summed E-state index contributed by atoms with van der Waals surface area (Å²) in [6.07, 6.45) is 0. The van der Waals surface area contributed by atoms with Crippen molar-refractivity contribution in [3.05, 3.63) is 35.4 Å². The molecule has 1 aromatic carbocycles. The zero-order valence-electron chi connectivity index (χ0n) is 11.9. The lowest BCUT2D eigenvalue weighted by Gasteiger charge is -2.16. The van der Waals surface area contributed by atoms with Gasteiger partial charge in [-0.1, -0.05) is 32.9 Å². The first-order valence-electron chi connectivity index (χ1n) is 6.13. The second kappa shape index (κ2) is 6.48. The van der Waals surface area contributed by atoms with Crippen LogP contribution in [0, 0.1) is 5.41 Å². The van der Waals surface area contributed by atoms with Crippen molar-refractivity contribution in [2.24, 2.45) is 5.41 Å². The molecule has 0 radical (unpaired) electrons. The number of hydrogen-bond acceptors (Lipinski definition) is 4. The maximum absolute atomic E-state index is 11.8. The quantitative estimate of drug-likeness (QED) is 0.767. The van der Waals surface area contributed by atoms with Crippen LogP contribution in [0.4, 0.5) is 0 Å². The van der Waals surface area contributed by atoms with E-state index in [2.05, 4.69) is 0 Å². The standard InChI is InChI=1S/C15H20O4/c1-15(2,3)13(16)10-19-14(17)12-7-5-6-11(8-12)9-18-4/h5-8H,9-10H2,1-4H3. The lowest BCUT2D eigenvalue weighted by molar-refractivity contribution is -0.129. The summed E-state index contributed by atoms with van der Waals surface area (Å²) in [7, 11) is 1.59. The summed E-state index contributed by atoms with van der Waals surface area (Å²) in [6.45, 7) is 5.62. The van der Waals surface area contributed by atoms with Crippen molar-refractivity contribution in [1.82, 2.24) is 0 Å². The second-order valence-corrected chi connectivity index (χ2v) is 5.38. The molecule has 0 bridgehead atoms. The molecule has 0 unspecified atom stereocenters. The fourth-order valence-electron chi connectivity index (χ4n) is 1.39. The number of benzene rings is 1. The molecule has 0 spiro atoms. The normalized spacial score (nSPS) is 11.2. The van der Waals surface area contributed by atoms with Crippen molar-refractivity contribution in [2.45, 2.75) is 27.4 Å². The molecule has 19 heavy (non-hydrogen) atoms. The molecule has 1 aromatic rings. The van der Waals surface area contributed by atoms with Crippen LogP contribution < -0.4 is 0 Å². The summed E-state index contributed by atoms with van der Waals surface area (Å²) in [5.74, 6) is -0.593. The van der Waals surface area contributed by atoms with Gasteiger partial charge in [-0.25, -0.2) is 4.79 Å². The van der Waals surface area contributed by atoms with Gasteiger partial charge >= 0.3 is 5.97 Å². The Kier molecular flexibility index (Phi) is 5.24. The Morgan fingerprint density at radius 3 is 2.47 bits per heavy atom. The number of ether oxygens (including phenoxy) is 2. The molecule has 0 saturated heterocycles. The predicted octanol–water partition coefficient (Wildman–Crippen LogP) is 2.61. The number of carbonyl (C=O) groups is 2. The van der Waals surface area contributed by atoms with E-state index in [9.17, 15) is 9.59 Å². The Hall–Kier alpha value is -1.68. The summed E-state index contributed by atoms with van der Waals surface area (Å²) in [5.41, 5.74) is 0.813. The van der Waals surface area contributed by atoms with Crippen LogP contribution in [0.25, 0.3) is 0 Å². The fourth-order valence-corrected chi connectivity index (χ4v) is 1.39. The van der Waals surface area contributed by atoms with Crippen LogP contribution in [0.2, 0.25) is 0 Å². The third-order valence-electron chi connectivity index (χ3n) is 2.64. The lowest BCUT2D eigenvalue weighted by atomic mass is 9.91. The summed E-state index contributed by atoms with van der Waals surface area (Å²) in [4.78, 5) is 23.5. The van der Waals surface area contributed by atoms with Gasteiger partial charge in [0.15, 0.2) is 12.4 Å². The fraction of sp³-hybridized carbons (Fsp3) is 0.467. The van der Waals surface area contributed by atoms with Crippen LogP contribution in [0.15, 0.2) is 24.3 Å². The van der Waals surface area contributed by atoms with Crippen molar-refractivity contribution in [1.29, 1.82) is 0 Å². The molecule has 0 aliphatic carbocycles. The molecule has 0 aliphatic rings. The van der Waals surface area contributed by atoms with Gasteiger partial charge in [-0.05, 0) is 17.7 Å². The summed E-state index contributed by atoms with van der Waals surface area (Å²) in [6, 6.07) is 6.98. The Labute approximate surface area is 113 Å². The van der Waals surface area contributed by atoms with Gasteiger partial charge in [0, 0.05) is 12.5 Å². The average Bonchev–Trinajstić information content (AvgIpc) is 2.35. The van der Waals surface area contributed by atoms with Crippen molar-refractivity contribution in [3.63, 3.8) is 0 Å². The first-order valence-corrected chi connectivity index (χ1v) is 6.13. The van der Waals surface area contributed by atoms with Crippen LogP contribution in [-0.4, -0.2) is 25.5 Å². The number of hydrogen-bond donors (Lipinski definition) is 0. The highest BCUT2D eigenvalue weighted by Gasteiger charge is 2.22. The van der Waals surface area contributed by atoms with Gasteiger partial charge in [0.05, 0.1) is 12.2 Å². The van der Waals surface area contributed by atoms with Gasteiger partial charge in [-0.3, -0.25) is 4.79 Å². The third kappa shape index (κ3) is 4.83. The van der Waals surface area contributed by atoms with Gasteiger partial charge in [0.2, 0.25) is 0 Å². The van der Waals surface area contributed by atoms with E-state index in [1.807, 2.05) is 6.07 Å². The Balaban J connectivity index is 2.63. The van der Waals surface area contributed by atoms with E-state index < -0.39 is 11.4 Å². The average molecular weight is 264 g/mol. The molecule has 0 atom stereocenters. The first-order chi connectivity index (χ1) is 8.84. The minimum Gasteiger partial charge on any atom is -0.454 e. The maximum atomic E-state index is 11.8. The van der Waals surface area contributed by atoms with E-state index in [1.54, 1.807) is 46.1 Å². The molecule has 0 aromatic heterocycles. The number of methoxy groups -OCH3 is 1. The highest BCUT2D eigenvalue weighted by Crippen LogP contribution is 2.15. The van der Waals surface area contributed by atoms with Crippen molar-refractivity contribution < 1.29 is 19.1 Å². The van der Waals surface area contributed by atoms with E-state index in [0.717, 1.165) is 5.56 Å². The minimum atomic E-state index is -0.502. The Bertz CT molecular complexity index is 457. The predicted molar refractivity (Wildman–Crippen MR) is 71.9 cm³/mol. The highest BCUT2D eigenvalue weighted by atomic mass is 16.5. The van der Waals surface area contributed by atoms with Crippen molar-refractivity contribution in [3.8, 4) is 0 Å². The van der Waals surface area contributed by atoms with Crippen LogP contribution in [0.3, 0.4) is 0 Å². The van der Waals surface area contributed by atoms with E-state index >= 15 is 0 Å². The van der Waals surface area contributed by atoms with E-state index in [4.69, 9.17) is 9.47 Å². The van der Waals surface area contributed by atoms with E-state index in [0.29, 0.717) is 12.2 Å². The first kappa shape index (κ1) is 15.4. The van der Waals surface area contributed by atoms with E-state index in [1.165, 1.54) is 0 Å². The van der Waals surface area contributed by atoms with Gasteiger partial charge in [-0.15, -0.1) is 0 Å². The molecule has 0 aliphatic heterocycles. The molecule has 0 fully saturated rings. The zero-order valence-corrected chi connectivity index (χ0v) is 11.9. The van der Waals surface area contributed by atoms with Crippen molar-refractivity contribution >= 4 is 11.8 Å². The largest absolute Gasteiger partial charge is 0.454 e. The molecule has 1 rings (SSSR count). The van der Waals surface area contributed by atoms with Crippen molar-refractivity contribution in [2.75, 3.05) is 13.7 Å². The minimum absolute atomic E-state index is 0.103. The number of ketones is 1. The maximum Gasteiger partial charge on any atom is 0.338 e. The monoisotopic (exact) mass is 264 g/mol. The van der Waals surface area contributed by atoms with Crippen LogP contribution in [0.5, 0.6) is 0 Å². The van der Waals surface area contributed by atoms with E-state index in [-0.39, 0.29) is 12.4 Å². The highest BCUT2D eigenvalue weighted by molar-refractivity contribution is 5.92. The lowest BCUT2D eigenvalue weighted by Crippen LogP contribution is -2.26. The molecule has 0 N–H and O–H groups in total. The summed E-state index contributed by atoms with van der Waals surface area (Å²) in [5, 5.41) is 0. The number of carbonyl (C=O) groups excluding carboxylic acids is 2. The Morgan fingerprint density at radius 1 is 1.21 bits per heavy atom. The molecule has 0 amide bonds. The molecular formula is C15H20O4. The second-order valence-electron chi connectivity index (χ2n) is 5.38. The summed E-state index contributed by atoms with van der Waals surface area (Å²) < 4.78 is 10.0. The smallest absolute Gasteiger partial charge is 0.338 e. The Morgan fingerprint density at radius 2 is 1.89 bits per heavy atom. The molecule has 4 nitrogen and oxygen atoms in total. The number of Topliss-reactive ketones (excluding diaryl/α,β-unsaturated/α-hetero) is 1. The van der Waals surface area contributed by atoms with Gasteiger partial charge in [0.25, 0.3) is 0 Å². The number of rotatable bonds is 5. The molecule has 0 saturated carbocycles. The van der Waals surface area contributed by atoms with Gasteiger partial charge < -0.3 is 9.47 Å². The molecule has 104 valence electrons. The van der Waals surface area contributed by atoms with Crippen LogP contribution in [-0.2, 0) is 20.9 Å². The van der Waals surface area contributed by atoms with Gasteiger partial charge in [-0.2, -0.15) is 0 Å². The zero-order chi connectivity index (χ0) is 14.5. The van der Waals surface area contributed by atoms with Crippen LogP contribution >= 0.6 is 0 Å². The summed E-state index contributed by atoms with van der Waals surface area (Å²) >= 11 is 0. The SMILES string of the molecule is COCc1cccc(C(=O)OCC(=O)C(C)(C)C)c1. The topological polar surface area (TPSA) is 52.6 Å².